The highest BCUT2D eigenvalue weighted by atomic mass is 28.4. The Morgan fingerprint density at radius 2 is 1.64 bits per heavy atom. The minimum atomic E-state index is -2.33. The molecule has 78 valence electrons. The predicted octanol–water partition coefficient (Wildman–Crippen LogP) is 2.57. The predicted molar refractivity (Wildman–Crippen MR) is 64.4 cm³/mol. The van der Waals surface area contributed by atoms with Crippen LogP contribution in [0.5, 0.6) is 0 Å². The van der Waals surface area contributed by atoms with Crippen LogP contribution in [0.1, 0.15) is 26.3 Å². The Morgan fingerprint density at radius 3 is 2.07 bits per heavy atom. The summed E-state index contributed by atoms with van der Waals surface area (Å²) in [4.78, 5) is 10.6. The molecule has 1 rings (SSSR count). The zero-order valence-electron chi connectivity index (χ0n) is 9.76. The van der Waals surface area contributed by atoms with Crippen LogP contribution in [0.4, 0.5) is 0 Å². The van der Waals surface area contributed by atoms with Crippen molar-refractivity contribution in [2.75, 3.05) is 0 Å². The number of rotatable bonds is 1. The number of aryl methyl sites for hydroxylation is 1. The summed E-state index contributed by atoms with van der Waals surface area (Å²) < 4.78 is 0. The van der Waals surface area contributed by atoms with Gasteiger partial charge in [-0.3, -0.25) is 0 Å². The smallest absolute Gasteiger partial charge is 0.222 e. The molecule has 1 aromatic carbocycles. The minimum Gasteiger partial charge on any atom is -0.427 e. The summed E-state index contributed by atoms with van der Waals surface area (Å²) in [7, 11) is -2.33. The van der Waals surface area contributed by atoms with Gasteiger partial charge < -0.3 is 4.80 Å². The molecule has 0 fully saturated rings. The van der Waals surface area contributed by atoms with Crippen molar-refractivity contribution >= 4 is 13.5 Å². The second kappa shape index (κ2) is 3.52. The van der Waals surface area contributed by atoms with Crippen LogP contribution < -0.4 is 5.19 Å². The quantitative estimate of drug-likeness (QED) is 0.703. The van der Waals surface area contributed by atoms with E-state index in [0.717, 1.165) is 5.19 Å². The zero-order chi connectivity index (χ0) is 11.0. The van der Waals surface area contributed by atoms with Crippen molar-refractivity contribution in [3.8, 4) is 0 Å². The fourth-order valence-corrected chi connectivity index (χ4v) is 3.60. The van der Waals surface area contributed by atoms with Gasteiger partial charge in [0.2, 0.25) is 8.32 Å². The molecule has 0 bridgehead atoms. The first kappa shape index (κ1) is 11.5. The number of hydrogen-bond acceptors (Lipinski definition) is 1. The highest BCUT2D eigenvalue weighted by molar-refractivity contribution is 6.87. The molecule has 0 aromatic heterocycles. The molecule has 1 aromatic rings. The van der Waals surface area contributed by atoms with Crippen LogP contribution in [0, 0.1) is 6.92 Å². The normalized spacial score (nSPS) is 16.4. The average Bonchev–Trinajstić information content (AvgIpc) is 2.02. The average molecular weight is 208 g/mol. The van der Waals surface area contributed by atoms with E-state index in [4.69, 9.17) is 0 Å². The van der Waals surface area contributed by atoms with Gasteiger partial charge in [0.15, 0.2) is 0 Å². The van der Waals surface area contributed by atoms with Crippen molar-refractivity contribution in [3.63, 3.8) is 0 Å². The first-order chi connectivity index (χ1) is 6.27. The molecule has 1 nitrogen and oxygen atoms in total. The molecular formula is C12H20OSi. The largest absolute Gasteiger partial charge is 0.427 e. The van der Waals surface area contributed by atoms with E-state index >= 15 is 0 Å². The maximum absolute atomic E-state index is 10.6. The molecular weight excluding hydrogens is 188 g/mol. The van der Waals surface area contributed by atoms with E-state index in [2.05, 4.69) is 39.8 Å². The molecule has 0 saturated carbocycles. The van der Waals surface area contributed by atoms with Gasteiger partial charge in [0.25, 0.3) is 0 Å². The lowest BCUT2D eigenvalue weighted by Gasteiger charge is -2.35. The third-order valence-electron chi connectivity index (χ3n) is 3.13. The first-order valence-electron chi connectivity index (χ1n) is 5.05. The Hall–Kier alpha value is -0.603. The van der Waals surface area contributed by atoms with Crippen LogP contribution in [-0.2, 0) is 0 Å². The second-order valence-electron chi connectivity index (χ2n) is 5.14. The molecule has 1 unspecified atom stereocenters. The number of hydrogen-bond donors (Lipinski definition) is 1. The summed E-state index contributed by atoms with van der Waals surface area (Å²) in [5.41, 5.74) is 1.21. The molecule has 1 N–H and O–H groups in total. The Balaban J connectivity index is 3.23. The fraction of sp³-hybridized carbons (Fsp3) is 0.500. The van der Waals surface area contributed by atoms with Gasteiger partial charge in [-0.05, 0) is 29.3 Å². The van der Waals surface area contributed by atoms with E-state index in [1.807, 2.05) is 18.7 Å². The summed E-state index contributed by atoms with van der Waals surface area (Å²) in [6.45, 7) is 10.4. The Kier molecular flexibility index (Phi) is 2.88. The van der Waals surface area contributed by atoms with Gasteiger partial charge in [-0.15, -0.1) is 0 Å². The first-order valence-corrected chi connectivity index (χ1v) is 7.50. The van der Waals surface area contributed by atoms with Crippen molar-refractivity contribution in [3.05, 3.63) is 29.8 Å². The summed E-state index contributed by atoms with van der Waals surface area (Å²) in [5.74, 6) is 0. The maximum Gasteiger partial charge on any atom is 0.222 e. The second-order valence-corrected chi connectivity index (χ2v) is 9.32. The third-order valence-corrected chi connectivity index (χ3v) is 7.66. The molecule has 1 atom stereocenters. The Morgan fingerprint density at radius 1 is 1.14 bits per heavy atom. The number of benzene rings is 1. The summed E-state index contributed by atoms with van der Waals surface area (Å²) in [6.07, 6.45) is 0. The van der Waals surface area contributed by atoms with E-state index < -0.39 is 8.32 Å². The van der Waals surface area contributed by atoms with Crippen LogP contribution in [0.15, 0.2) is 24.3 Å². The summed E-state index contributed by atoms with van der Waals surface area (Å²) in [5, 5.41) is 1.14. The fourth-order valence-electron chi connectivity index (χ4n) is 1.52. The van der Waals surface area contributed by atoms with Gasteiger partial charge in [-0.25, -0.2) is 0 Å². The van der Waals surface area contributed by atoms with Gasteiger partial charge in [0, 0.05) is 0 Å². The van der Waals surface area contributed by atoms with Gasteiger partial charge in [-0.2, -0.15) is 0 Å². The molecule has 14 heavy (non-hydrogen) atoms. The molecule has 0 spiro atoms. The maximum atomic E-state index is 10.6. The monoisotopic (exact) mass is 208 g/mol. The molecule has 0 aliphatic heterocycles. The molecule has 0 radical (unpaired) electrons. The third kappa shape index (κ3) is 1.91. The van der Waals surface area contributed by atoms with E-state index in [1.165, 1.54) is 5.56 Å². The lowest BCUT2D eigenvalue weighted by atomic mass is 10.2. The van der Waals surface area contributed by atoms with Crippen molar-refractivity contribution in [2.45, 2.75) is 39.3 Å². The van der Waals surface area contributed by atoms with Crippen molar-refractivity contribution in [1.29, 1.82) is 0 Å². The van der Waals surface area contributed by atoms with Gasteiger partial charge >= 0.3 is 0 Å². The van der Waals surface area contributed by atoms with Crippen molar-refractivity contribution in [2.24, 2.45) is 0 Å². The van der Waals surface area contributed by atoms with Crippen LogP contribution in [0.2, 0.25) is 11.6 Å². The van der Waals surface area contributed by atoms with Gasteiger partial charge in [-0.1, -0.05) is 45.0 Å². The van der Waals surface area contributed by atoms with Gasteiger partial charge in [0.1, 0.15) is 0 Å². The summed E-state index contributed by atoms with van der Waals surface area (Å²) in [6, 6.07) is 8.16. The molecule has 2 heteroatoms. The Bertz CT molecular complexity index is 323. The SMILES string of the molecule is Cc1ccccc1[Si](C)(O)C(C)(C)C. The lowest BCUT2D eigenvalue weighted by molar-refractivity contribution is 0.496. The Labute approximate surface area is 87.9 Å². The zero-order valence-corrected chi connectivity index (χ0v) is 10.8. The van der Waals surface area contributed by atoms with Crippen LogP contribution in [-0.4, -0.2) is 13.1 Å². The molecule has 0 aliphatic carbocycles. The highest BCUT2D eigenvalue weighted by Crippen LogP contribution is 2.33. The van der Waals surface area contributed by atoms with Crippen LogP contribution >= 0.6 is 0 Å². The topological polar surface area (TPSA) is 20.2 Å². The van der Waals surface area contributed by atoms with E-state index in [0.29, 0.717) is 0 Å². The van der Waals surface area contributed by atoms with E-state index in [9.17, 15) is 4.80 Å². The van der Waals surface area contributed by atoms with Crippen molar-refractivity contribution < 1.29 is 4.80 Å². The molecule has 0 heterocycles. The van der Waals surface area contributed by atoms with E-state index in [-0.39, 0.29) is 5.04 Å². The van der Waals surface area contributed by atoms with Crippen LogP contribution in [0.25, 0.3) is 0 Å². The van der Waals surface area contributed by atoms with Crippen LogP contribution in [0.3, 0.4) is 0 Å². The molecule has 0 saturated heterocycles. The highest BCUT2D eigenvalue weighted by Gasteiger charge is 2.41. The molecule has 0 aliphatic rings. The minimum absolute atomic E-state index is 0.0148. The van der Waals surface area contributed by atoms with Crippen molar-refractivity contribution in [1.82, 2.24) is 0 Å². The van der Waals surface area contributed by atoms with Gasteiger partial charge in [0.05, 0.1) is 0 Å². The standard InChI is InChI=1S/C12H20OSi/c1-10-8-6-7-9-11(10)14(5,13)12(2,3)4/h6-9,13H,1-5H3. The van der Waals surface area contributed by atoms with E-state index in [1.54, 1.807) is 0 Å². The molecule has 0 amide bonds. The summed E-state index contributed by atoms with van der Waals surface area (Å²) >= 11 is 0. The lowest BCUT2D eigenvalue weighted by Crippen LogP contribution is -2.53.